The molecule has 22 heavy (non-hydrogen) atoms. The summed E-state index contributed by atoms with van der Waals surface area (Å²) in [7, 11) is 0. The number of aromatic hydroxyl groups is 1. The Morgan fingerprint density at radius 3 is 2.73 bits per heavy atom. The van der Waals surface area contributed by atoms with Gasteiger partial charge in [0.1, 0.15) is 5.75 Å². The highest BCUT2D eigenvalue weighted by molar-refractivity contribution is 9.10. The smallest absolute Gasteiger partial charge is 0.209 e. The van der Waals surface area contributed by atoms with Gasteiger partial charge in [0.15, 0.2) is 0 Å². The number of aromatic nitrogens is 1. The van der Waals surface area contributed by atoms with Crippen LogP contribution in [-0.2, 0) is 0 Å². The number of phenolic OH excluding ortho intramolecular Hbond substituents is 1. The van der Waals surface area contributed by atoms with Gasteiger partial charge in [-0.2, -0.15) is 0 Å². The second-order valence-electron chi connectivity index (χ2n) is 4.84. The van der Waals surface area contributed by atoms with Crippen molar-refractivity contribution in [1.29, 1.82) is 0 Å². The molecule has 0 fully saturated rings. The van der Waals surface area contributed by atoms with E-state index in [2.05, 4.69) is 57.1 Å². The molecule has 0 aliphatic rings. The minimum absolute atomic E-state index is 0.197. The van der Waals surface area contributed by atoms with Gasteiger partial charge in [0.2, 0.25) is 5.13 Å². The molecule has 0 saturated heterocycles. The highest BCUT2D eigenvalue weighted by Crippen LogP contribution is 2.27. The summed E-state index contributed by atoms with van der Waals surface area (Å²) in [6.07, 6.45) is 1.62. The van der Waals surface area contributed by atoms with Gasteiger partial charge in [-0.25, -0.2) is 9.98 Å². The Bertz CT molecular complexity index is 825. The van der Waals surface area contributed by atoms with Crippen LogP contribution in [0.5, 0.6) is 5.75 Å². The van der Waals surface area contributed by atoms with Crippen molar-refractivity contribution in [1.82, 2.24) is 4.98 Å². The van der Waals surface area contributed by atoms with Crippen LogP contribution in [0.1, 0.15) is 11.1 Å². The van der Waals surface area contributed by atoms with Gasteiger partial charge in [0.25, 0.3) is 0 Å². The van der Waals surface area contributed by atoms with E-state index in [-0.39, 0.29) is 5.75 Å². The maximum Gasteiger partial charge on any atom is 0.209 e. The summed E-state index contributed by atoms with van der Waals surface area (Å²) in [6.45, 7) is 2.06. The number of nitrogens with zero attached hydrogens (tertiary/aromatic N) is 2. The van der Waals surface area contributed by atoms with Gasteiger partial charge in [0, 0.05) is 27.2 Å². The second kappa shape index (κ2) is 6.42. The fraction of sp³-hybridized carbons (Fsp3) is 0.0588. The standard InChI is InChI=1S/C17H13BrN2OS/c1-11-2-4-12(5-3-11)15-10-22-17(20-15)19-9-13-8-14(18)6-7-16(13)21/h2-10,21H,1H3/b19-9+. The summed E-state index contributed by atoms with van der Waals surface area (Å²) < 4.78 is 0.895. The first-order chi connectivity index (χ1) is 10.6. The van der Waals surface area contributed by atoms with Gasteiger partial charge in [0.05, 0.1) is 5.69 Å². The summed E-state index contributed by atoms with van der Waals surface area (Å²) in [4.78, 5) is 8.85. The van der Waals surface area contributed by atoms with Crippen molar-refractivity contribution in [3.05, 3.63) is 63.4 Å². The van der Waals surface area contributed by atoms with Crippen LogP contribution in [0.2, 0.25) is 0 Å². The SMILES string of the molecule is Cc1ccc(-c2csc(/N=C/c3cc(Br)ccc3O)n2)cc1. The van der Waals surface area contributed by atoms with Gasteiger partial charge in [-0.3, -0.25) is 0 Å². The van der Waals surface area contributed by atoms with Crippen molar-refractivity contribution in [3.63, 3.8) is 0 Å². The number of hydrogen-bond acceptors (Lipinski definition) is 4. The summed E-state index contributed by atoms with van der Waals surface area (Å²) >= 11 is 4.85. The Morgan fingerprint density at radius 1 is 1.18 bits per heavy atom. The third-order valence-corrected chi connectivity index (χ3v) is 4.38. The van der Waals surface area contributed by atoms with E-state index in [0.29, 0.717) is 10.7 Å². The van der Waals surface area contributed by atoms with Crippen LogP contribution in [0.25, 0.3) is 11.3 Å². The Kier molecular flexibility index (Phi) is 4.36. The molecule has 5 heteroatoms. The summed E-state index contributed by atoms with van der Waals surface area (Å²) in [5.41, 5.74) is 3.87. The Morgan fingerprint density at radius 2 is 1.95 bits per heavy atom. The topological polar surface area (TPSA) is 45.5 Å². The molecule has 3 nitrogen and oxygen atoms in total. The van der Waals surface area contributed by atoms with Crippen LogP contribution in [0.4, 0.5) is 5.13 Å². The molecule has 110 valence electrons. The van der Waals surface area contributed by atoms with E-state index < -0.39 is 0 Å². The summed E-state index contributed by atoms with van der Waals surface area (Å²) in [5.74, 6) is 0.197. The lowest BCUT2D eigenvalue weighted by Crippen LogP contribution is -1.82. The Hall–Kier alpha value is -1.98. The highest BCUT2D eigenvalue weighted by Gasteiger charge is 2.04. The van der Waals surface area contributed by atoms with Crippen molar-refractivity contribution in [2.75, 3.05) is 0 Å². The Balaban J connectivity index is 1.83. The zero-order valence-corrected chi connectivity index (χ0v) is 14.2. The van der Waals surface area contributed by atoms with E-state index in [1.54, 1.807) is 18.3 Å². The van der Waals surface area contributed by atoms with Crippen molar-refractivity contribution in [3.8, 4) is 17.0 Å². The van der Waals surface area contributed by atoms with Gasteiger partial charge in [-0.05, 0) is 25.1 Å². The Labute approximate surface area is 141 Å². The first-order valence-electron chi connectivity index (χ1n) is 6.67. The molecule has 0 saturated carbocycles. The van der Waals surface area contributed by atoms with Crippen molar-refractivity contribution >= 4 is 38.6 Å². The molecule has 0 spiro atoms. The number of phenols is 1. The minimum atomic E-state index is 0.197. The van der Waals surface area contributed by atoms with E-state index in [1.807, 2.05) is 11.4 Å². The van der Waals surface area contributed by atoms with E-state index in [9.17, 15) is 5.11 Å². The fourth-order valence-electron chi connectivity index (χ4n) is 1.93. The number of thiazole rings is 1. The number of hydrogen-bond donors (Lipinski definition) is 1. The fourth-order valence-corrected chi connectivity index (χ4v) is 2.98. The number of rotatable bonds is 3. The summed E-state index contributed by atoms with van der Waals surface area (Å²) in [5, 5.41) is 12.4. The lowest BCUT2D eigenvalue weighted by molar-refractivity contribution is 0.474. The van der Waals surface area contributed by atoms with Crippen molar-refractivity contribution in [2.24, 2.45) is 4.99 Å². The van der Waals surface area contributed by atoms with Crippen molar-refractivity contribution < 1.29 is 5.11 Å². The van der Waals surface area contributed by atoms with Crippen LogP contribution < -0.4 is 0 Å². The third-order valence-electron chi connectivity index (χ3n) is 3.14. The maximum absolute atomic E-state index is 9.79. The number of aryl methyl sites for hydroxylation is 1. The quantitative estimate of drug-likeness (QED) is 0.630. The normalized spacial score (nSPS) is 11.2. The molecule has 1 aromatic heterocycles. The summed E-state index contributed by atoms with van der Waals surface area (Å²) in [6, 6.07) is 13.5. The van der Waals surface area contributed by atoms with Gasteiger partial charge < -0.3 is 5.11 Å². The van der Waals surface area contributed by atoms with Crippen LogP contribution >= 0.6 is 27.3 Å². The lowest BCUT2D eigenvalue weighted by atomic mass is 10.1. The molecule has 3 aromatic rings. The van der Waals surface area contributed by atoms with Crippen LogP contribution in [0.15, 0.2) is 57.3 Å². The molecule has 0 amide bonds. The van der Waals surface area contributed by atoms with Gasteiger partial charge >= 0.3 is 0 Å². The molecule has 0 aliphatic heterocycles. The van der Waals surface area contributed by atoms with Crippen LogP contribution in [-0.4, -0.2) is 16.3 Å². The first kappa shape index (κ1) is 14.9. The second-order valence-corrected chi connectivity index (χ2v) is 6.59. The number of benzene rings is 2. The molecular weight excluding hydrogens is 360 g/mol. The van der Waals surface area contributed by atoms with Gasteiger partial charge in [-0.15, -0.1) is 11.3 Å². The molecule has 0 aliphatic carbocycles. The maximum atomic E-state index is 9.79. The largest absolute Gasteiger partial charge is 0.507 e. The van der Waals surface area contributed by atoms with Crippen molar-refractivity contribution in [2.45, 2.75) is 6.92 Å². The third kappa shape index (κ3) is 3.43. The molecule has 0 bridgehead atoms. The molecular formula is C17H13BrN2OS. The predicted molar refractivity (Wildman–Crippen MR) is 95.3 cm³/mol. The average molecular weight is 373 g/mol. The van der Waals surface area contributed by atoms with E-state index in [0.717, 1.165) is 15.7 Å². The average Bonchev–Trinajstić information content (AvgIpc) is 2.98. The molecule has 1 heterocycles. The molecule has 0 radical (unpaired) electrons. The van der Waals surface area contributed by atoms with Crippen LogP contribution in [0, 0.1) is 6.92 Å². The number of halogens is 1. The van der Waals surface area contributed by atoms with E-state index in [4.69, 9.17) is 0 Å². The predicted octanol–water partition coefficient (Wildman–Crippen LogP) is 5.34. The van der Waals surface area contributed by atoms with E-state index in [1.165, 1.54) is 16.9 Å². The first-order valence-corrected chi connectivity index (χ1v) is 8.34. The molecule has 1 N–H and O–H groups in total. The molecule has 0 atom stereocenters. The van der Waals surface area contributed by atoms with E-state index >= 15 is 0 Å². The molecule has 0 unspecified atom stereocenters. The zero-order chi connectivity index (χ0) is 15.5. The minimum Gasteiger partial charge on any atom is -0.507 e. The monoisotopic (exact) mass is 372 g/mol. The van der Waals surface area contributed by atoms with Crippen LogP contribution in [0.3, 0.4) is 0 Å². The van der Waals surface area contributed by atoms with Gasteiger partial charge in [-0.1, -0.05) is 45.8 Å². The highest BCUT2D eigenvalue weighted by atomic mass is 79.9. The number of aliphatic imine (C=N–C) groups is 1. The zero-order valence-electron chi connectivity index (χ0n) is 11.8. The molecule has 2 aromatic carbocycles. The molecule has 3 rings (SSSR count). The lowest BCUT2D eigenvalue weighted by Gasteiger charge is -1.98.